The van der Waals surface area contributed by atoms with Crippen LogP contribution in [0.5, 0.6) is 0 Å². The summed E-state index contributed by atoms with van der Waals surface area (Å²) in [7, 11) is -3.65. The fraction of sp³-hybridized carbons (Fsp3) is 0.184. The molecule has 0 saturated carbocycles. The van der Waals surface area contributed by atoms with E-state index >= 15 is 0 Å². The number of aromatic nitrogens is 1. The number of nitrogens with zero attached hydrogens (tertiary/aromatic N) is 1. The largest absolute Gasteiger partial charge is 0.392 e. The number of aliphatic hydroxyl groups is 1. The van der Waals surface area contributed by atoms with Crippen molar-refractivity contribution in [2.24, 2.45) is 0 Å². The number of fused-ring (bicyclic) bond motifs is 1. The fourth-order valence-electron chi connectivity index (χ4n) is 5.73. The van der Waals surface area contributed by atoms with Crippen molar-refractivity contribution in [3.05, 3.63) is 150 Å². The first kappa shape index (κ1) is 32.7. The smallest absolute Gasteiger partial charge is 0.240 e. The molecule has 1 fully saturated rings. The molecule has 1 aliphatic heterocycles. The number of hydrogen-bond donors (Lipinski definition) is 2. The van der Waals surface area contributed by atoms with Gasteiger partial charge in [0.15, 0.2) is 10.6 Å². The number of sulfonamides is 1. The summed E-state index contributed by atoms with van der Waals surface area (Å²) in [6.07, 6.45) is -0.155. The number of para-hydroxylation sites is 1. The lowest BCUT2D eigenvalue weighted by Gasteiger charge is -2.36. The van der Waals surface area contributed by atoms with Crippen LogP contribution in [0.15, 0.2) is 137 Å². The lowest BCUT2D eigenvalue weighted by Crippen LogP contribution is -2.31. The number of ether oxygens (including phenoxy) is 2. The minimum absolute atomic E-state index is 0.00660. The second-order valence-electron chi connectivity index (χ2n) is 11.5. The van der Waals surface area contributed by atoms with Gasteiger partial charge in [0.1, 0.15) is 0 Å². The molecule has 0 aliphatic carbocycles. The number of aliphatic hydroxyl groups excluding tert-OH is 1. The molecule has 7 nitrogen and oxygen atoms in total. The number of rotatable bonds is 11. The summed E-state index contributed by atoms with van der Waals surface area (Å²) in [6.45, 7) is 0.155. The van der Waals surface area contributed by atoms with E-state index in [1.807, 2.05) is 91.0 Å². The van der Waals surface area contributed by atoms with Crippen LogP contribution >= 0.6 is 23.1 Å². The molecule has 244 valence electrons. The van der Waals surface area contributed by atoms with Gasteiger partial charge in [0.25, 0.3) is 0 Å². The molecule has 1 aliphatic rings. The van der Waals surface area contributed by atoms with E-state index in [1.54, 1.807) is 53.4 Å². The zero-order valence-corrected chi connectivity index (χ0v) is 28.4. The highest BCUT2D eigenvalue weighted by molar-refractivity contribution is 8.01. The van der Waals surface area contributed by atoms with Crippen LogP contribution in [-0.2, 0) is 32.6 Å². The molecule has 1 aromatic heterocycles. The van der Waals surface area contributed by atoms with E-state index in [0.717, 1.165) is 49.0 Å². The summed E-state index contributed by atoms with van der Waals surface area (Å²) in [5.74, 6) is 0.731. The monoisotopic (exact) mass is 694 g/mol. The maximum atomic E-state index is 12.9. The summed E-state index contributed by atoms with van der Waals surface area (Å²) < 4.78 is 43.8. The third-order valence-electron chi connectivity index (χ3n) is 8.30. The average molecular weight is 695 g/mol. The van der Waals surface area contributed by atoms with Crippen LogP contribution in [0.1, 0.15) is 41.1 Å². The van der Waals surface area contributed by atoms with Crippen molar-refractivity contribution in [1.82, 2.24) is 9.71 Å². The highest BCUT2D eigenvalue weighted by Gasteiger charge is 2.32. The zero-order valence-electron chi connectivity index (χ0n) is 25.9. The first-order chi connectivity index (χ1) is 23.4. The van der Waals surface area contributed by atoms with Gasteiger partial charge in [-0.2, -0.15) is 0 Å². The molecule has 0 spiro atoms. The van der Waals surface area contributed by atoms with E-state index in [9.17, 15) is 13.5 Å². The molecule has 2 N–H and O–H groups in total. The lowest BCUT2D eigenvalue weighted by molar-refractivity contribution is -0.245. The first-order valence-corrected chi connectivity index (χ1v) is 19.0. The van der Waals surface area contributed by atoms with Crippen LogP contribution in [0.4, 0.5) is 0 Å². The van der Waals surface area contributed by atoms with Gasteiger partial charge in [-0.1, -0.05) is 115 Å². The Hall–Kier alpha value is -3.87. The Labute approximate surface area is 288 Å². The zero-order chi connectivity index (χ0) is 32.9. The summed E-state index contributed by atoms with van der Waals surface area (Å²) in [5, 5.41) is 9.55. The SMILES string of the molecule is O=S(=O)(NCc1ccccc1-c1ccc([C@@H]2O[C@H](CSc3nc4ccccc4s3)C[C@H](c3ccc(CO)cc3)O2)cc1)c1ccccc1. The van der Waals surface area contributed by atoms with Crippen LogP contribution < -0.4 is 4.72 Å². The van der Waals surface area contributed by atoms with Gasteiger partial charge in [-0.3, -0.25) is 0 Å². The summed E-state index contributed by atoms with van der Waals surface area (Å²) in [5.41, 5.74) is 6.57. The second-order valence-corrected chi connectivity index (χ2v) is 15.6. The summed E-state index contributed by atoms with van der Waals surface area (Å²) in [4.78, 5) is 5.03. The Morgan fingerprint density at radius 2 is 1.52 bits per heavy atom. The molecule has 0 amide bonds. The molecule has 3 atom stereocenters. The molecule has 5 aromatic carbocycles. The molecular formula is C38H34N2O5S3. The van der Waals surface area contributed by atoms with Gasteiger partial charge in [0, 0.05) is 24.3 Å². The van der Waals surface area contributed by atoms with Crippen LogP contribution in [-0.4, -0.2) is 30.4 Å². The molecule has 0 unspecified atom stereocenters. The van der Waals surface area contributed by atoms with E-state index in [1.165, 1.54) is 4.70 Å². The van der Waals surface area contributed by atoms with Crippen molar-refractivity contribution in [2.45, 2.75) is 47.3 Å². The van der Waals surface area contributed by atoms with Crippen molar-refractivity contribution in [3.63, 3.8) is 0 Å². The molecule has 48 heavy (non-hydrogen) atoms. The van der Waals surface area contributed by atoms with Gasteiger partial charge in [0.05, 0.1) is 33.9 Å². The third-order valence-corrected chi connectivity index (χ3v) is 12.0. The third kappa shape index (κ3) is 7.55. The Balaban J connectivity index is 1.09. The summed E-state index contributed by atoms with van der Waals surface area (Å²) >= 11 is 3.40. The molecule has 1 saturated heterocycles. The minimum Gasteiger partial charge on any atom is -0.392 e. The molecule has 6 aromatic rings. The van der Waals surface area contributed by atoms with Crippen LogP contribution in [0, 0.1) is 0 Å². The first-order valence-electron chi connectivity index (χ1n) is 15.7. The molecule has 0 bridgehead atoms. The Kier molecular flexibility index (Phi) is 10.0. The highest BCUT2D eigenvalue weighted by Crippen LogP contribution is 2.41. The van der Waals surface area contributed by atoms with Gasteiger partial charge in [-0.25, -0.2) is 18.1 Å². The lowest BCUT2D eigenvalue weighted by atomic mass is 9.98. The minimum atomic E-state index is -3.65. The second kappa shape index (κ2) is 14.7. The topological polar surface area (TPSA) is 97.8 Å². The Morgan fingerprint density at radius 3 is 2.29 bits per heavy atom. The van der Waals surface area contributed by atoms with Gasteiger partial charge in [-0.15, -0.1) is 11.3 Å². The van der Waals surface area contributed by atoms with Crippen LogP contribution in [0.2, 0.25) is 0 Å². The normalized spacial score (nSPS) is 18.2. The number of hydrogen-bond acceptors (Lipinski definition) is 8. The van der Waals surface area contributed by atoms with E-state index in [0.29, 0.717) is 6.42 Å². The number of nitrogens with one attached hydrogen (secondary N) is 1. The maximum absolute atomic E-state index is 12.9. The van der Waals surface area contributed by atoms with Gasteiger partial charge < -0.3 is 14.6 Å². The van der Waals surface area contributed by atoms with Crippen molar-refractivity contribution < 1.29 is 23.0 Å². The van der Waals surface area contributed by atoms with Crippen LogP contribution in [0.3, 0.4) is 0 Å². The van der Waals surface area contributed by atoms with Crippen molar-refractivity contribution >= 4 is 43.3 Å². The molecule has 0 radical (unpaired) electrons. The van der Waals surface area contributed by atoms with E-state index < -0.39 is 16.3 Å². The Morgan fingerprint density at radius 1 is 0.812 bits per heavy atom. The molecule has 7 rings (SSSR count). The van der Waals surface area contributed by atoms with Crippen molar-refractivity contribution in [1.29, 1.82) is 0 Å². The van der Waals surface area contributed by atoms with Gasteiger partial charge in [0.2, 0.25) is 10.0 Å². The standard InChI is InChI=1S/C38H34N2O5S3/c41-24-26-14-16-28(17-15-26)35-22-31(25-46-38-40-34-12-6-7-13-36(34)47-38)44-37(45-35)29-20-18-27(19-21-29)33-11-5-4-8-30(33)23-39-48(42,43)32-9-2-1-3-10-32/h1-21,31,35,37,39,41H,22-25H2/t31-,35+,37+/m0/s1. The predicted octanol–water partition coefficient (Wildman–Crippen LogP) is 8.27. The summed E-state index contributed by atoms with van der Waals surface area (Å²) in [6, 6.07) is 40.3. The fourth-order valence-corrected chi connectivity index (χ4v) is 8.87. The molecular weight excluding hydrogens is 661 g/mol. The van der Waals surface area contributed by atoms with E-state index in [2.05, 4.69) is 10.8 Å². The van der Waals surface area contributed by atoms with Crippen molar-refractivity contribution in [3.8, 4) is 11.1 Å². The number of thiazole rings is 1. The quantitative estimate of drug-likeness (QED) is 0.132. The van der Waals surface area contributed by atoms with E-state index in [4.69, 9.17) is 14.5 Å². The van der Waals surface area contributed by atoms with Gasteiger partial charge >= 0.3 is 0 Å². The van der Waals surface area contributed by atoms with Gasteiger partial charge in [-0.05, 0) is 52.1 Å². The number of benzene rings is 5. The Bertz CT molecular complexity index is 2050. The molecule has 2 heterocycles. The number of thioether (sulfide) groups is 1. The van der Waals surface area contributed by atoms with Crippen molar-refractivity contribution in [2.75, 3.05) is 5.75 Å². The average Bonchev–Trinajstić information content (AvgIpc) is 3.57. The molecule has 10 heteroatoms. The maximum Gasteiger partial charge on any atom is 0.240 e. The highest BCUT2D eigenvalue weighted by atomic mass is 32.2. The van der Waals surface area contributed by atoms with Crippen LogP contribution in [0.25, 0.3) is 21.3 Å². The van der Waals surface area contributed by atoms with E-state index in [-0.39, 0.29) is 30.3 Å². The predicted molar refractivity (Wildman–Crippen MR) is 191 cm³/mol.